The molecule has 1 aromatic carbocycles. The molecule has 2 saturated heterocycles. The third-order valence-corrected chi connectivity index (χ3v) is 7.40. The number of aliphatic imine (C=N–C) groups is 1. The van der Waals surface area contributed by atoms with Crippen LogP contribution < -0.4 is 4.90 Å². The second kappa shape index (κ2) is 6.69. The molecule has 0 N–H and O–H groups in total. The molecule has 0 bridgehead atoms. The maximum atomic E-state index is 12.1. The molecule has 8 heteroatoms. The highest BCUT2D eigenvalue weighted by atomic mass is 35.5. The van der Waals surface area contributed by atoms with Crippen LogP contribution in [-0.4, -0.2) is 42.3 Å². The number of rotatable bonds is 3. The van der Waals surface area contributed by atoms with Crippen molar-refractivity contribution < 1.29 is 13.2 Å². The van der Waals surface area contributed by atoms with Gasteiger partial charge in [0.05, 0.1) is 17.5 Å². The fourth-order valence-corrected chi connectivity index (χ4v) is 7.11. The van der Waals surface area contributed by atoms with Gasteiger partial charge in [-0.3, -0.25) is 4.79 Å². The number of fused-ring (bicyclic) bond motifs is 1. The Morgan fingerprint density at radius 2 is 2.17 bits per heavy atom. The lowest BCUT2D eigenvalue weighted by Gasteiger charge is -2.24. The van der Waals surface area contributed by atoms with Gasteiger partial charge in [-0.1, -0.05) is 43.3 Å². The number of hydrogen-bond donors (Lipinski definition) is 0. The third-order valence-electron chi connectivity index (χ3n) is 3.96. The molecule has 0 saturated carbocycles. The Balaban J connectivity index is 1.97. The summed E-state index contributed by atoms with van der Waals surface area (Å²) in [6.45, 7) is 3.94. The topological polar surface area (TPSA) is 66.8 Å². The minimum absolute atomic E-state index is 0.0779. The van der Waals surface area contributed by atoms with E-state index in [1.807, 2.05) is 30.9 Å². The van der Waals surface area contributed by atoms with Crippen LogP contribution in [0.3, 0.4) is 0 Å². The molecular formula is C16H19ClN2O3S2. The predicted molar refractivity (Wildman–Crippen MR) is 99.6 cm³/mol. The number of nitrogens with zero attached hydrogens (tertiary/aromatic N) is 2. The minimum Gasteiger partial charge on any atom is -0.316 e. The van der Waals surface area contributed by atoms with Crippen LogP contribution in [-0.2, 0) is 14.6 Å². The zero-order valence-corrected chi connectivity index (χ0v) is 15.9. The second-order valence-corrected chi connectivity index (χ2v) is 10.3. The quantitative estimate of drug-likeness (QED) is 0.798. The van der Waals surface area contributed by atoms with Gasteiger partial charge in [-0.25, -0.2) is 8.42 Å². The Morgan fingerprint density at radius 3 is 2.83 bits per heavy atom. The highest BCUT2D eigenvalue weighted by molar-refractivity contribution is 8.16. The Hall–Kier alpha value is -1.05. The van der Waals surface area contributed by atoms with Gasteiger partial charge in [0.25, 0.3) is 0 Å². The Morgan fingerprint density at radius 1 is 1.42 bits per heavy atom. The van der Waals surface area contributed by atoms with E-state index in [1.165, 1.54) is 11.8 Å². The summed E-state index contributed by atoms with van der Waals surface area (Å²) in [4.78, 5) is 18.3. The summed E-state index contributed by atoms with van der Waals surface area (Å²) in [6.07, 6.45) is 0.376. The first-order valence-corrected chi connectivity index (χ1v) is 10.9. The van der Waals surface area contributed by atoms with Gasteiger partial charge in [0.1, 0.15) is 0 Å². The van der Waals surface area contributed by atoms with Gasteiger partial charge < -0.3 is 4.90 Å². The molecule has 0 aliphatic carbocycles. The zero-order chi connectivity index (χ0) is 17.5. The number of benzene rings is 1. The van der Waals surface area contributed by atoms with Crippen LogP contribution in [0.25, 0.3) is 0 Å². The van der Waals surface area contributed by atoms with Crippen molar-refractivity contribution in [1.29, 1.82) is 0 Å². The van der Waals surface area contributed by atoms with Gasteiger partial charge in [-0.2, -0.15) is 4.99 Å². The Labute approximate surface area is 151 Å². The van der Waals surface area contributed by atoms with Gasteiger partial charge in [0.15, 0.2) is 15.0 Å². The lowest BCUT2D eigenvalue weighted by atomic mass is 10.1. The number of halogens is 1. The van der Waals surface area contributed by atoms with Crippen molar-refractivity contribution in [3.8, 4) is 0 Å². The number of anilines is 1. The first-order chi connectivity index (χ1) is 11.2. The van der Waals surface area contributed by atoms with E-state index in [9.17, 15) is 13.2 Å². The van der Waals surface area contributed by atoms with Crippen molar-refractivity contribution in [2.24, 2.45) is 10.9 Å². The van der Waals surface area contributed by atoms with Crippen LogP contribution >= 0.6 is 23.4 Å². The molecule has 0 aromatic heterocycles. The average molecular weight is 387 g/mol. The molecule has 2 fully saturated rings. The Bertz CT molecular complexity index is 792. The lowest BCUT2D eigenvalue weighted by molar-refractivity contribution is -0.118. The minimum atomic E-state index is -3.06. The second-order valence-electron chi connectivity index (χ2n) is 6.54. The average Bonchev–Trinajstić information content (AvgIpc) is 2.88. The number of sulfone groups is 1. The fourth-order valence-electron chi connectivity index (χ4n) is 2.99. The molecule has 24 heavy (non-hydrogen) atoms. The van der Waals surface area contributed by atoms with Gasteiger partial charge in [0.2, 0.25) is 5.91 Å². The summed E-state index contributed by atoms with van der Waals surface area (Å²) in [5.41, 5.74) is 0.774. The molecule has 3 rings (SSSR count). The summed E-state index contributed by atoms with van der Waals surface area (Å²) >= 11 is 7.47. The fraction of sp³-hybridized carbons (Fsp3) is 0.500. The number of hydrogen-bond acceptors (Lipinski definition) is 4. The van der Waals surface area contributed by atoms with Gasteiger partial charge in [-0.15, -0.1) is 0 Å². The summed E-state index contributed by atoms with van der Waals surface area (Å²) in [7, 11) is -3.06. The molecule has 2 aliphatic heterocycles. The van der Waals surface area contributed by atoms with Crippen LogP contribution in [0.15, 0.2) is 29.3 Å². The van der Waals surface area contributed by atoms with E-state index in [0.29, 0.717) is 16.6 Å². The third kappa shape index (κ3) is 3.78. The van der Waals surface area contributed by atoms with E-state index in [0.717, 1.165) is 5.69 Å². The summed E-state index contributed by atoms with van der Waals surface area (Å²) in [5, 5.41) is 1.04. The largest absolute Gasteiger partial charge is 0.316 e. The number of carbonyl (C=O) groups excluding carboxylic acids is 1. The van der Waals surface area contributed by atoms with Gasteiger partial charge in [0, 0.05) is 22.4 Å². The molecule has 130 valence electrons. The van der Waals surface area contributed by atoms with Crippen LogP contribution in [0.4, 0.5) is 5.69 Å². The van der Waals surface area contributed by atoms with Crippen molar-refractivity contribution in [2.45, 2.75) is 31.6 Å². The molecule has 0 unspecified atom stereocenters. The van der Waals surface area contributed by atoms with Crippen molar-refractivity contribution in [3.63, 3.8) is 0 Å². The highest BCUT2D eigenvalue weighted by Gasteiger charge is 2.49. The normalized spacial score (nSPS) is 27.0. The number of amides is 1. The Kier molecular flexibility index (Phi) is 4.95. The van der Waals surface area contributed by atoms with Crippen LogP contribution in [0.1, 0.15) is 20.3 Å². The molecule has 0 radical (unpaired) electrons. The van der Waals surface area contributed by atoms with E-state index < -0.39 is 9.84 Å². The molecule has 2 heterocycles. The summed E-state index contributed by atoms with van der Waals surface area (Å²) in [5.74, 6) is 0.251. The summed E-state index contributed by atoms with van der Waals surface area (Å²) in [6, 6.07) is 7.01. The van der Waals surface area contributed by atoms with E-state index in [1.54, 1.807) is 12.1 Å². The van der Waals surface area contributed by atoms with E-state index >= 15 is 0 Å². The summed E-state index contributed by atoms with van der Waals surface area (Å²) < 4.78 is 24.0. The molecule has 5 nitrogen and oxygen atoms in total. The van der Waals surface area contributed by atoms with Crippen molar-refractivity contribution >= 4 is 50.0 Å². The number of carbonyl (C=O) groups is 1. The zero-order valence-electron chi connectivity index (χ0n) is 13.5. The maximum absolute atomic E-state index is 12.1. The maximum Gasteiger partial charge on any atom is 0.248 e. The molecular weight excluding hydrogens is 368 g/mol. The van der Waals surface area contributed by atoms with E-state index in [-0.39, 0.29) is 34.6 Å². The van der Waals surface area contributed by atoms with Crippen LogP contribution in [0, 0.1) is 5.92 Å². The van der Waals surface area contributed by atoms with Crippen molar-refractivity contribution in [2.75, 3.05) is 16.4 Å². The highest BCUT2D eigenvalue weighted by Crippen LogP contribution is 2.41. The molecule has 0 spiro atoms. The van der Waals surface area contributed by atoms with Crippen molar-refractivity contribution in [3.05, 3.63) is 29.3 Å². The number of amidine groups is 1. The van der Waals surface area contributed by atoms with Crippen molar-refractivity contribution in [1.82, 2.24) is 0 Å². The smallest absolute Gasteiger partial charge is 0.248 e. The standard InChI is InChI=1S/C16H19ClN2O3S2/c1-10(2)6-15(20)18-16-19(12-5-3-4-11(17)7-12)13-8-24(21,22)9-14(13)23-16/h3-5,7,10,13-14H,6,8-9H2,1-2H3/t13-,14+/m1/s1. The van der Waals surface area contributed by atoms with Gasteiger partial charge >= 0.3 is 0 Å². The SMILES string of the molecule is CC(C)CC(=O)N=C1S[C@H]2CS(=O)(=O)C[C@H]2N1c1cccc(Cl)c1. The molecule has 2 atom stereocenters. The first-order valence-electron chi connectivity index (χ1n) is 7.78. The molecule has 2 aliphatic rings. The lowest BCUT2D eigenvalue weighted by Crippen LogP contribution is -2.37. The molecule has 1 aromatic rings. The van der Waals surface area contributed by atoms with E-state index in [4.69, 9.17) is 11.6 Å². The molecule has 1 amide bonds. The van der Waals surface area contributed by atoms with Crippen LogP contribution in [0.5, 0.6) is 0 Å². The number of thioether (sulfide) groups is 1. The predicted octanol–water partition coefficient (Wildman–Crippen LogP) is 2.99. The van der Waals surface area contributed by atoms with E-state index in [2.05, 4.69) is 4.99 Å². The first kappa shape index (κ1) is 17.8. The van der Waals surface area contributed by atoms with Gasteiger partial charge in [-0.05, 0) is 24.1 Å². The monoisotopic (exact) mass is 386 g/mol. The van der Waals surface area contributed by atoms with Crippen LogP contribution in [0.2, 0.25) is 5.02 Å².